The Bertz CT molecular complexity index is 284. The molecule has 0 aliphatic carbocycles. The normalized spacial score (nSPS) is 12.3. The third kappa shape index (κ3) is 5.69. The van der Waals surface area contributed by atoms with Crippen molar-refractivity contribution in [2.75, 3.05) is 6.61 Å². The minimum atomic E-state index is 0.142. The third-order valence-electron chi connectivity index (χ3n) is 2.43. The van der Waals surface area contributed by atoms with E-state index in [0.29, 0.717) is 13.2 Å². The number of hydrogen-bond acceptors (Lipinski definition) is 2. The molecule has 0 heterocycles. The molecule has 0 aliphatic rings. The molecule has 0 radical (unpaired) electrons. The van der Waals surface area contributed by atoms with Crippen molar-refractivity contribution in [3.05, 3.63) is 48.6 Å². The molecule has 0 fully saturated rings. The zero-order valence-electron chi connectivity index (χ0n) is 9.77. The van der Waals surface area contributed by atoms with Crippen molar-refractivity contribution >= 4 is 0 Å². The van der Waals surface area contributed by atoms with Crippen LogP contribution in [-0.4, -0.2) is 12.6 Å². The average Bonchev–Trinajstić information content (AvgIpc) is 2.31. The molecule has 0 unspecified atom stereocenters. The molecule has 0 spiro atoms. The molecule has 16 heavy (non-hydrogen) atoms. The first-order valence-electron chi connectivity index (χ1n) is 5.81. The van der Waals surface area contributed by atoms with Crippen LogP contribution < -0.4 is 5.73 Å². The van der Waals surface area contributed by atoms with Crippen molar-refractivity contribution in [1.29, 1.82) is 0 Å². The van der Waals surface area contributed by atoms with Gasteiger partial charge in [0.25, 0.3) is 0 Å². The van der Waals surface area contributed by atoms with Crippen LogP contribution in [0.15, 0.2) is 43.0 Å². The van der Waals surface area contributed by atoms with Crippen molar-refractivity contribution in [2.24, 2.45) is 5.73 Å². The average molecular weight is 219 g/mol. The van der Waals surface area contributed by atoms with E-state index in [-0.39, 0.29) is 6.04 Å². The molecular formula is C14H21NO. The molecular weight excluding hydrogens is 198 g/mol. The van der Waals surface area contributed by atoms with Gasteiger partial charge in [-0.05, 0) is 24.8 Å². The van der Waals surface area contributed by atoms with Gasteiger partial charge < -0.3 is 10.5 Å². The van der Waals surface area contributed by atoms with Crippen molar-refractivity contribution in [1.82, 2.24) is 0 Å². The lowest BCUT2D eigenvalue weighted by Crippen LogP contribution is -2.25. The van der Waals surface area contributed by atoms with Crippen LogP contribution in [0.25, 0.3) is 0 Å². The van der Waals surface area contributed by atoms with E-state index in [2.05, 4.69) is 18.7 Å². The topological polar surface area (TPSA) is 35.2 Å². The van der Waals surface area contributed by atoms with Gasteiger partial charge in [-0.1, -0.05) is 36.4 Å². The van der Waals surface area contributed by atoms with Crippen LogP contribution in [0.1, 0.15) is 24.8 Å². The Labute approximate surface area is 98.1 Å². The second kappa shape index (κ2) is 8.08. The highest BCUT2D eigenvalue weighted by atomic mass is 16.5. The molecule has 88 valence electrons. The zero-order chi connectivity index (χ0) is 11.6. The molecule has 2 nitrogen and oxygen atoms in total. The number of rotatable bonds is 8. The van der Waals surface area contributed by atoms with E-state index in [1.807, 2.05) is 24.3 Å². The monoisotopic (exact) mass is 219 g/mol. The molecule has 0 aliphatic heterocycles. The number of nitrogens with two attached hydrogens (primary N) is 1. The van der Waals surface area contributed by atoms with Crippen molar-refractivity contribution in [3.8, 4) is 0 Å². The predicted molar refractivity (Wildman–Crippen MR) is 68.1 cm³/mol. The smallest absolute Gasteiger partial charge is 0.0717 e. The summed E-state index contributed by atoms with van der Waals surface area (Å²) in [5.74, 6) is 0. The van der Waals surface area contributed by atoms with Crippen LogP contribution in [0.3, 0.4) is 0 Å². The maximum absolute atomic E-state index is 5.92. The predicted octanol–water partition coefficient (Wildman–Crippen LogP) is 2.89. The Morgan fingerprint density at radius 2 is 2.06 bits per heavy atom. The van der Waals surface area contributed by atoms with Gasteiger partial charge in [0, 0.05) is 6.04 Å². The molecule has 0 amide bonds. The summed E-state index contributed by atoms with van der Waals surface area (Å²) >= 11 is 0. The number of ether oxygens (including phenoxy) is 1. The summed E-state index contributed by atoms with van der Waals surface area (Å²) in [6.07, 6.45) is 5.06. The van der Waals surface area contributed by atoms with E-state index in [4.69, 9.17) is 10.5 Å². The Kier molecular flexibility index (Phi) is 6.54. The fourth-order valence-electron chi connectivity index (χ4n) is 1.51. The third-order valence-corrected chi connectivity index (χ3v) is 2.43. The van der Waals surface area contributed by atoms with Gasteiger partial charge in [-0.3, -0.25) is 0 Å². The summed E-state index contributed by atoms with van der Waals surface area (Å²) in [5.41, 5.74) is 7.11. The summed E-state index contributed by atoms with van der Waals surface area (Å²) in [4.78, 5) is 0. The highest BCUT2D eigenvalue weighted by Gasteiger charge is 2.01. The van der Waals surface area contributed by atoms with E-state index in [1.54, 1.807) is 0 Å². The Morgan fingerprint density at radius 1 is 1.31 bits per heavy atom. The standard InChI is InChI=1S/C14H21NO/c1-2-3-5-10-14(15)12-16-11-13-8-6-4-7-9-13/h2,4,6-9,14H,1,3,5,10-12,15H2/t14-/m0/s1. The van der Waals surface area contributed by atoms with Gasteiger partial charge in [-0.25, -0.2) is 0 Å². The van der Waals surface area contributed by atoms with Crippen molar-refractivity contribution < 1.29 is 4.74 Å². The lowest BCUT2D eigenvalue weighted by molar-refractivity contribution is 0.105. The molecule has 0 bridgehead atoms. The van der Waals surface area contributed by atoms with E-state index >= 15 is 0 Å². The lowest BCUT2D eigenvalue weighted by Gasteiger charge is -2.11. The fourth-order valence-corrected chi connectivity index (χ4v) is 1.51. The molecule has 1 rings (SSSR count). The van der Waals surface area contributed by atoms with E-state index < -0.39 is 0 Å². The Balaban J connectivity index is 2.08. The van der Waals surface area contributed by atoms with Gasteiger partial charge in [0.15, 0.2) is 0 Å². The SMILES string of the molecule is C=CCCC[C@H](N)COCc1ccccc1. The summed E-state index contributed by atoms with van der Waals surface area (Å²) < 4.78 is 5.56. The van der Waals surface area contributed by atoms with E-state index in [9.17, 15) is 0 Å². The maximum atomic E-state index is 5.92. The van der Waals surface area contributed by atoms with Crippen LogP contribution >= 0.6 is 0 Å². The van der Waals surface area contributed by atoms with Crippen LogP contribution in [-0.2, 0) is 11.3 Å². The van der Waals surface area contributed by atoms with Gasteiger partial charge in [-0.15, -0.1) is 6.58 Å². The highest BCUT2D eigenvalue weighted by Crippen LogP contribution is 2.03. The first-order valence-corrected chi connectivity index (χ1v) is 5.81. The minimum absolute atomic E-state index is 0.142. The minimum Gasteiger partial charge on any atom is -0.375 e. The first kappa shape index (κ1) is 12.9. The van der Waals surface area contributed by atoms with Gasteiger partial charge >= 0.3 is 0 Å². The molecule has 2 N–H and O–H groups in total. The Morgan fingerprint density at radius 3 is 2.75 bits per heavy atom. The van der Waals surface area contributed by atoms with Gasteiger partial charge in [0.05, 0.1) is 13.2 Å². The molecule has 0 saturated carbocycles. The second-order valence-corrected chi connectivity index (χ2v) is 3.98. The maximum Gasteiger partial charge on any atom is 0.0717 e. The van der Waals surface area contributed by atoms with Crippen LogP contribution in [0, 0.1) is 0 Å². The Hall–Kier alpha value is -1.12. The summed E-state index contributed by atoms with van der Waals surface area (Å²) in [6, 6.07) is 10.3. The zero-order valence-corrected chi connectivity index (χ0v) is 9.77. The van der Waals surface area contributed by atoms with Crippen molar-refractivity contribution in [3.63, 3.8) is 0 Å². The quantitative estimate of drug-likeness (QED) is 0.539. The van der Waals surface area contributed by atoms with E-state index in [0.717, 1.165) is 19.3 Å². The fraction of sp³-hybridized carbons (Fsp3) is 0.429. The second-order valence-electron chi connectivity index (χ2n) is 3.98. The molecule has 1 aromatic rings. The number of benzene rings is 1. The van der Waals surface area contributed by atoms with Crippen LogP contribution in [0.5, 0.6) is 0 Å². The molecule has 1 aromatic carbocycles. The van der Waals surface area contributed by atoms with Gasteiger partial charge in [-0.2, -0.15) is 0 Å². The van der Waals surface area contributed by atoms with E-state index in [1.165, 1.54) is 5.56 Å². The lowest BCUT2D eigenvalue weighted by atomic mass is 10.1. The summed E-state index contributed by atoms with van der Waals surface area (Å²) in [5, 5.41) is 0. The van der Waals surface area contributed by atoms with Crippen LogP contribution in [0.4, 0.5) is 0 Å². The molecule has 0 aromatic heterocycles. The highest BCUT2D eigenvalue weighted by molar-refractivity contribution is 5.13. The summed E-state index contributed by atoms with van der Waals surface area (Å²) in [7, 11) is 0. The number of hydrogen-bond donors (Lipinski definition) is 1. The molecule has 2 heteroatoms. The number of allylic oxidation sites excluding steroid dienone is 1. The van der Waals surface area contributed by atoms with Gasteiger partial charge in [0.1, 0.15) is 0 Å². The van der Waals surface area contributed by atoms with Gasteiger partial charge in [0.2, 0.25) is 0 Å². The molecule has 1 atom stereocenters. The summed E-state index contributed by atoms with van der Waals surface area (Å²) in [6.45, 7) is 4.97. The van der Waals surface area contributed by atoms with Crippen LogP contribution in [0.2, 0.25) is 0 Å². The molecule has 0 saturated heterocycles. The van der Waals surface area contributed by atoms with Crippen molar-refractivity contribution in [2.45, 2.75) is 31.9 Å². The largest absolute Gasteiger partial charge is 0.375 e. The first-order chi connectivity index (χ1) is 7.83. The number of unbranched alkanes of at least 4 members (excludes halogenated alkanes) is 1.